The summed E-state index contributed by atoms with van der Waals surface area (Å²) >= 11 is 0. The Bertz CT molecular complexity index is 106. The van der Waals surface area contributed by atoms with Crippen LogP contribution in [0.2, 0.25) is 0 Å². The number of hydrogen-bond acceptors (Lipinski definition) is 3. The van der Waals surface area contributed by atoms with E-state index in [0.717, 1.165) is 6.42 Å². The Hall–Kier alpha value is -0.610. The number of nitrogens with one attached hydrogen (secondary N) is 1. The fraction of sp³-hybridized carbons (Fsp3) is 0.857. The average Bonchev–Trinajstić information content (AvgIpc) is 2.04. The minimum atomic E-state index is -0.0950. The second kappa shape index (κ2) is 7.50. The first-order valence-electron chi connectivity index (χ1n) is 3.58. The van der Waals surface area contributed by atoms with Crippen LogP contribution in [0.3, 0.4) is 0 Å². The molecule has 0 aliphatic rings. The highest BCUT2D eigenvalue weighted by Gasteiger charge is 1.95. The van der Waals surface area contributed by atoms with Gasteiger partial charge in [0, 0.05) is 27.4 Å². The molecule has 0 bridgehead atoms. The van der Waals surface area contributed by atoms with Crippen molar-refractivity contribution in [2.75, 3.05) is 34.0 Å². The molecule has 4 nitrogen and oxygen atoms in total. The highest BCUT2D eigenvalue weighted by atomic mass is 16.5. The molecular weight excluding hydrogens is 146 g/mol. The van der Waals surface area contributed by atoms with Crippen molar-refractivity contribution in [2.24, 2.45) is 0 Å². The number of carbonyl (C=O) groups is 1. The van der Waals surface area contributed by atoms with Crippen LogP contribution in [0.15, 0.2) is 0 Å². The van der Waals surface area contributed by atoms with Crippen LogP contribution >= 0.6 is 0 Å². The number of ether oxygens (including phenoxy) is 2. The quantitative estimate of drug-likeness (QED) is 0.548. The Morgan fingerprint density at radius 3 is 2.73 bits per heavy atom. The molecule has 0 saturated carbocycles. The lowest BCUT2D eigenvalue weighted by Gasteiger charge is -2.01. The van der Waals surface area contributed by atoms with Crippen molar-refractivity contribution in [1.82, 2.24) is 5.32 Å². The molecule has 0 atom stereocenters. The van der Waals surface area contributed by atoms with Crippen LogP contribution in [-0.2, 0) is 14.3 Å². The van der Waals surface area contributed by atoms with E-state index in [2.05, 4.69) is 5.32 Å². The molecule has 0 radical (unpaired) electrons. The SMILES string of the molecule is CNC(=O)COCCCOC. The summed E-state index contributed by atoms with van der Waals surface area (Å²) in [7, 11) is 3.22. The minimum absolute atomic E-state index is 0.0950. The molecule has 0 rings (SSSR count). The highest BCUT2D eigenvalue weighted by Crippen LogP contribution is 1.82. The van der Waals surface area contributed by atoms with E-state index in [1.54, 1.807) is 14.2 Å². The normalized spacial score (nSPS) is 9.64. The van der Waals surface area contributed by atoms with E-state index >= 15 is 0 Å². The molecule has 0 aromatic heterocycles. The van der Waals surface area contributed by atoms with Gasteiger partial charge in [-0.2, -0.15) is 0 Å². The molecule has 0 aromatic rings. The van der Waals surface area contributed by atoms with Crippen molar-refractivity contribution in [3.05, 3.63) is 0 Å². The summed E-state index contributed by atoms with van der Waals surface area (Å²) in [6.45, 7) is 1.38. The van der Waals surface area contributed by atoms with Crippen molar-refractivity contribution in [3.63, 3.8) is 0 Å². The van der Waals surface area contributed by atoms with Gasteiger partial charge >= 0.3 is 0 Å². The van der Waals surface area contributed by atoms with Gasteiger partial charge in [-0.05, 0) is 6.42 Å². The van der Waals surface area contributed by atoms with E-state index in [1.807, 2.05) is 0 Å². The lowest BCUT2D eigenvalue weighted by Crippen LogP contribution is -2.23. The molecule has 0 heterocycles. The highest BCUT2D eigenvalue weighted by molar-refractivity contribution is 5.76. The zero-order valence-electron chi connectivity index (χ0n) is 7.05. The van der Waals surface area contributed by atoms with Crippen molar-refractivity contribution in [2.45, 2.75) is 6.42 Å². The van der Waals surface area contributed by atoms with E-state index in [1.165, 1.54) is 0 Å². The number of carbonyl (C=O) groups excluding carboxylic acids is 1. The van der Waals surface area contributed by atoms with Crippen molar-refractivity contribution in [3.8, 4) is 0 Å². The Labute approximate surface area is 66.9 Å². The smallest absolute Gasteiger partial charge is 0.245 e. The minimum Gasteiger partial charge on any atom is -0.385 e. The first kappa shape index (κ1) is 10.4. The Balaban J connectivity index is 2.95. The van der Waals surface area contributed by atoms with Gasteiger partial charge < -0.3 is 14.8 Å². The topological polar surface area (TPSA) is 47.6 Å². The molecular formula is C7H15NO3. The number of rotatable bonds is 6. The van der Waals surface area contributed by atoms with Gasteiger partial charge in [-0.15, -0.1) is 0 Å². The van der Waals surface area contributed by atoms with Crippen LogP contribution in [-0.4, -0.2) is 39.9 Å². The molecule has 4 heteroatoms. The second-order valence-corrected chi connectivity index (χ2v) is 2.07. The summed E-state index contributed by atoms with van der Waals surface area (Å²) in [6.07, 6.45) is 0.827. The van der Waals surface area contributed by atoms with Crippen LogP contribution in [0.5, 0.6) is 0 Å². The first-order valence-corrected chi connectivity index (χ1v) is 3.58. The average molecular weight is 161 g/mol. The summed E-state index contributed by atoms with van der Waals surface area (Å²) < 4.78 is 9.79. The largest absolute Gasteiger partial charge is 0.385 e. The third-order valence-electron chi connectivity index (χ3n) is 1.15. The monoisotopic (exact) mass is 161 g/mol. The maximum Gasteiger partial charge on any atom is 0.245 e. The standard InChI is InChI=1S/C7H15NO3/c1-8-7(9)6-11-5-3-4-10-2/h3-6H2,1-2H3,(H,8,9). The molecule has 0 saturated heterocycles. The Morgan fingerprint density at radius 2 is 2.18 bits per heavy atom. The third kappa shape index (κ3) is 7.29. The Kier molecular flexibility index (Phi) is 7.08. The fourth-order valence-electron chi connectivity index (χ4n) is 0.542. The second-order valence-electron chi connectivity index (χ2n) is 2.07. The predicted molar refractivity (Wildman–Crippen MR) is 41.4 cm³/mol. The molecule has 0 spiro atoms. The number of methoxy groups -OCH3 is 1. The summed E-state index contributed by atoms with van der Waals surface area (Å²) in [5.41, 5.74) is 0. The predicted octanol–water partition coefficient (Wildman–Crippen LogP) is -0.215. The molecule has 66 valence electrons. The first-order chi connectivity index (χ1) is 5.31. The van der Waals surface area contributed by atoms with Crippen LogP contribution in [0.1, 0.15) is 6.42 Å². The van der Waals surface area contributed by atoms with Crippen LogP contribution in [0.25, 0.3) is 0 Å². The molecule has 1 N–H and O–H groups in total. The zero-order chi connectivity index (χ0) is 8.53. The van der Waals surface area contributed by atoms with Gasteiger partial charge in [0.25, 0.3) is 0 Å². The van der Waals surface area contributed by atoms with E-state index < -0.39 is 0 Å². The Morgan fingerprint density at radius 1 is 1.45 bits per heavy atom. The number of hydrogen-bond donors (Lipinski definition) is 1. The van der Waals surface area contributed by atoms with Crippen LogP contribution < -0.4 is 5.32 Å². The van der Waals surface area contributed by atoms with Crippen LogP contribution in [0, 0.1) is 0 Å². The summed E-state index contributed by atoms with van der Waals surface area (Å²) in [5, 5.41) is 2.46. The van der Waals surface area contributed by atoms with Gasteiger partial charge in [-0.1, -0.05) is 0 Å². The number of likely N-dealkylation sites (N-methyl/N-ethyl adjacent to an activating group) is 1. The molecule has 0 unspecified atom stereocenters. The third-order valence-corrected chi connectivity index (χ3v) is 1.15. The maximum atomic E-state index is 10.6. The van der Waals surface area contributed by atoms with E-state index in [0.29, 0.717) is 13.2 Å². The van der Waals surface area contributed by atoms with Gasteiger partial charge in [0.05, 0.1) is 0 Å². The molecule has 1 amide bonds. The van der Waals surface area contributed by atoms with Crippen molar-refractivity contribution < 1.29 is 14.3 Å². The van der Waals surface area contributed by atoms with Crippen molar-refractivity contribution in [1.29, 1.82) is 0 Å². The maximum absolute atomic E-state index is 10.6. The molecule has 0 aliphatic heterocycles. The molecule has 0 aliphatic carbocycles. The molecule has 0 fully saturated rings. The van der Waals surface area contributed by atoms with Gasteiger partial charge in [0.2, 0.25) is 5.91 Å². The lowest BCUT2D eigenvalue weighted by atomic mass is 10.5. The van der Waals surface area contributed by atoms with Crippen LogP contribution in [0.4, 0.5) is 0 Å². The molecule has 11 heavy (non-hydrogen) atoms. The molecule has 0 aromatic carbocycles. The van der Waals surface area contributed by atoms with E-state index in [9.17, 15) is 4.79 Å². The van der Waals surface area contributed by atoms with Gasteiger partial charge in [0.1, 0.15) is 6.61 Å². The summed E-state index contributed by atoms with van der Waals surface area (Å²) in [6, 6.07) is 0. The van der Waals surface area contributed by atoms with Gasteiger partial charge in [-0.3, -0.25) is 4.79 Å². The zero-order valence-corrected chi connectivity index (χ0v) is 7.05. The van der Waals surface area contributed by atoms with Gasteiger partial charge in [0.15, 0.2) is 0 Å². The lowest BCUT2D eigenvalue weighted by molar-refractivity contribution is -0.125. The number of amides is 1. The van der Waals surface area contributed by atoms with E-state index in [4.69, 9.17) is 9.47 Å². The summed E-state index contributed by atoms with van der Waals surface area (Å²) in [4.78, 5) is 10.6. The summed E-state index contributed by atoms with van der Waals surface area (Å²) in [5.74, 6) is -0.0950. The van der Waals surface area contributed by atoms with Crippen molar-refractivity contribution >= 4 is 5.91 Å². The van der Waals surface area contributed by atoms with E-state index in [-0.39, 0.29) is 12.5 Å². The fourth-order valence-corrected chi connectivity index (χ4v) is 0.542. The van der Waals surface area contributed by atoms with Gasteiger partial charge in [-0.25, -0.2) is 0 Å².